The monoisotopic (exact) mass is 457 g/mol. The number of rotatable bonds is 8. The van der Waals surface area contributed by atoms with Gasteiger partial charge in [0.1, 0.15) is 18.5 Å². The summed E-state index contributed by atoms with van der Waals surface area (Å²) in [5, 5.41) is 9.44. The molecule has 33 heavy (non-hydrogen) atoms. The van der Waals surface area contributed by atoms with Gasteiger partial charge in [0.05, 0.1) is 13.0 Å². The number of hydrogen-bond donors (Lipinski definition) is 1. The van der Waals surface area contributed by atoms with E-state index in [2.05, 4.69) is 0 Å². The fourth-order valence-electron chi connectivity index (χ4n) is 3.99. The number of aliphatic carboxylic acids is 1. The Morgan fingerprint density at radius 3 is 2.30 bits per heavy atom. The van der Waals surface area contributed by atoms with Crippen molar-refractivity contribution in [3.63, 3.8) is 0 Å². The SMILES string of the molecule is CCOC(=O)[C@@H]1[C@@H](CC(=O)O)[C@@H](C(=O)c2ccc(F)cc2)CN1C(=O)OCc1ccccc1. The van der Waals surface area contributed by atoms with Crippen LogP contribution < -0.4 is 0 Å². The normalized spacial score (nSPS) is 19.7. The Morgan fingerprint density at radius 2 is 1.70 bits per heavy atom. The predicted molar refractivity (Wildman–Crippen MR) is 114 cm³/mol. The molecule has 1 saturated heterocycles. The van der Waals surface area contributed by atoms with Crippen LogP contribution in [-0.2, 0) is 25.7 Å². The molecule has 0 saturated carbocycles. The molecule has 1 N–H and O–H groups in total. The average molecular weight is 457 g/mol. The summed E-state index contributed by atoms with van der Waals surface area (Å²) >= 11 is 0. The van der Waals surface area contributed by atoms with E-state index < -0.39 is 53.9 Å². The van der Waals surface area contributed by atoms with Gasteiger partial charge in [0.2, 0.25) is 0 Å². The molecule has 3 atom stereocenters. The maximum atomic E-state index is 13.3. The van der Waals surface area contributed by atoms with Crippen molar-refractivity contribution in [1.29, 1.82) is 0 Å². The van der Waals surface area contributed by atoms with Crippen molar-refractivity contribution in [3.05, 3.63) is 71.5 Å². The minimum atomic E-state index is -1.31. The highest BCUT2D eigenvalue weighted by Crippen LogP contribution is 2.36. The number of likely N-dealkylation sites (tertiary alicyclic amines) is 1. The fraction of sp³-hybridized carbons (Fsp3) is 0.333. The summed E-state index contributed by atoms with van der Waals surface area (Å²) in [6, 6.07) is 12.4. The van der Waals surface area contributed by atoms with E-state index in [1.165, 1.54) is 12.1 Å². The van der Waals surface area contributed by atoms with Crippen LogP contribution in [0.1, 0.15) is 29.3 Å². The van der Waals surface area contributed by atoms with Crippen LogP contribution in [0.3, 0.4) is 0 Å². The molecule has 0 aromatic heterocycles. The molecule has 0 spiro atoms. The average Bonchev–Trinajstić information content (AvgIpc) is 3.17. The largest absolute Gasteiger partial charge is 0.481 e. The van der Waals surface area contributed by atoms with Gasteiger partial charge in [-0.3, -0.25) is 14.5 Å². The van der Waals surface area contributed by atoms with E-state index in [0.29, 0.717) is 0 Å². The number of esters is 1. The second-order valence-corrected chi connectivity index (χ2v) is 7.63. The number of benzene rings is 2. The standard InChI is InChI=1S/C24H24FNO7/c1-2-32-23(30)21-18(12-20(27)28)19(22(29)16-8-10-17(25)11-9-16)13-26(21)24(31)33-14-15-6-4-3-5-7-15/h3-11,18-19,21H,2,12-14H2,1H3,(H,27,28)/t18-,19-,21-/m0/s1. The highest BCUT2D eigenvalue weighted by Gasteiger charge is 2.52. The minimum Gasteiger partial charge on any atom is -0.481 e. The number of carbonyl (C=O) groups excluding carboxylic acids is 3. The second-order valence-electron chi connectivity index (χ2n) is 7.63. The number of amides is 1. The van der Waals surface area contributed by atoms with Crippen LogP contribution in [0.25, 0.3) is 0 Å². The zero-order chi connectivity index (χ0) is 24.0. The topological polar surface area (TPSA) is 110 Å². The zero-order valence-corrected chi connectivity index (χ0v) is 18.0. The van der Waals surface area contributed by atoms with E-state index >= 15 is 0 Å². The summed E-state index contributed by atoms with van der Waals surface area (Å²) in [4.78, 5) is 51.5. The van der Waals surface area contributed by atoms with Crippen LogP contribution in [0, 0.1) is 17.7 Å². The summed E-state index contributed by atoms with van der Waals surface area (Å²) in [5.41, 5.74) is 0.873. The van der Waals surface area contributed by atoms with Crippen LogP contribution in [0.2, 0.25) is 0 Å². The van der Waals surface area contributed by atoms with Gasteiger partial charge in [-0.1, -0.05) is 30.3 Å². The molecule has 1 amide bonds. The molecule has 0 aliphatic carbocycles. The van der Waals surface area contributed by atoms with Gasteiger partial charge in [-0.2, -0.15) is 0 Å². The quantitative estimate of drug-likeness (QED) is 0.478. The van der Waals surface area contributed by atoms with E-state index in [-0.39, 0.29) is 25.3 Å². The van der Waals surface area contributed by atoms with Gasteiger partial charge in [0, 0.05) is 23.9 Å². The first-order chi connectivity index (χ1) is 15.8. The lowest BCUT2D eigenvalue weighted by molar-refractivity contribution is -0.150. The number of ether oxygens (including phenoxy) is 2. The number of carboxylic acid groups (broad SMARTS) is 1. The third-order valence-corrected chi connectivity index (χ3v) is 5.50. The summed E-state index contributed by atoms with van der Waals surface area (Å²) in [6.45, 7) is 1.30. The molecule has 2 aromatic rings. The molecule has 9 heteroatoms. The van der Waals surface area contributed by atoms with E-state index in [1.807, 2.05) is 6.07 Å². The molecule has 1 fully saturated rings. The van der Waals surface area contributed by atoms with Crippen LogP contribution in [-0.4, -0.2) is 53.0 Å². The lowest BCUT2D eigenvalue weighted by atomic mass is 9.82. The van der Waals surface area contributed by atoms with Crippen molar-refractivity contribution in [3.8, 4) is 0 Å². The highest BCUT2D eigenvalue weighted by molar-refractivity contribution is 6.00. The Bertz CT molecular complexity index is 1010. The summed E-state index contributed by atoms with van der Waals surface area (Å²) in [6.07, 6.45) is -1.40. The van der Waals surface area contributed by atoms with Crippen LogP contribution in [0.15, 0.2) is 54.6 Å². The summed E-state index contributed by atoms with van der Waals surface area (Å²) < 4.78 is 23.7. The van der Waals surface area contributed by atoms with E-state index in [1.54, 1.807) is 31.2 Å². The number of ketones is 1. The Balaban J connectivity index is 1.90. The summed E-state index contributed by atoms with van der Waals surface area (Å²) in [7, 11) is 0. The second kappa shape index (κ2) is 10.7. The first-order valence-electron chi connectivity index (χ1n) is 10.5. The molecule has 174 valence electrons. The molecule has 8 nitrogen and oxygen atoms in total. The van der Waals surface area contributed by atoms with Crippen molar-refractivity contribution in [2.24, 2.45) is 11.8 Å². The van der Waals surface area contributed by atoms with Gasteiger partial charge in [-0.15, -0.1) is 0 Å². The van der Waals surface area contributed by atoms with Crippen LogP contribution >= 0.6 is 0 Å². The number of halogens is 1. The van der Waals surface area contributed by atoms with Crippen molar-refractivity contribution < 1.29 is 38.1 Å². The number of nitrogens with zero attached hydrogens (tertiary/aromatic N) is 1. The maximum absolute atomic E-state index is 13.3. The van der Waals surface area contributed by atoms with E-state index in [0.717, 1.165) is 22.6 Å². The van der Waals surface area contributed by atoms with Gasteiger partial charge >= 0.3 is 18.0 Å². The Kier molecular flexibility index (Phi) is 7.76. The first-order valence-corrected chi connectivity index (χ1v) is 10.5. The van der Waals surface area contributed by atoms with Gasteiger partial charge in [-0.25, -0.2) is 14.0 Å². The number of Topliss-reactive ketones (excluding diaryl/α,β-unsaturated/α-hetero) is 1. The zero-order valence-electron chi connectivity index (χ0n) is 18.0. The Morgan fingerprint density at radius 1 is 1.03 bits per heavy atom. The lowest BCUT2D eigenvalue weighted by Crippen LogP contribution is -2.45. The molecule has 1 heterocycles. The molecule has 0 radical (unpaired) electrons. The number of carbonyl (C=O) groups is 4. The highest BCUT2D eigenvalue weighted by atomic mass is 19.1. The minimum absolute atomic E-state index is 0.0125. The predicted octanol–water partition coefficient (Wildman–Crippen LogP) is 3.30. The molecular formula is C24H24FNO7. The number of hydrogen-bond acceptors (Lipinski definition) is 6. The number of carboxylic acids is 1. The Hall–Kier alpha value is -3.75. The van der Waals surface area contributed by atoms with Gasteiger partial charge in [-0.05, 0) is 36.8 Å². The summed E-state index contributed by atoms with van der Waals surface area (Å²) in [5.74, 6) is -5.11. The van der Waals surface area contributed by atoms with Crippen molar-refractivity contribution in [2.45, 2.75) is 26.0 Å². The van der Waals surface area contributed by atoms with Crippen molar-refractivity contribution in [1.82, 2.24) is 4.90 Å². The lowest BCUT2D eigenvalue weighted by Gasteiger charge is -2.25. The third kappa shape index (κ3) is 5.74. The van der Waals surface area contributed by atoms with Gasteiger partial charge in [0.25, 0.3) is 0 Å². The fourth-order valence-corrected chi connectivity index (χ4v) is 3.99. The molecular weight excluding hydrogens is 433 g/mol. The molecule has 2 aromatic carbocycles. The van der Waals surface area contributed by atoms with Gasteiger partial charge < -0.3 is 14.6 Å². The molecule has 1 aliphatic rings. The van der Waals surface area contributed by atoms with E-state index in [9.17, 15) is 28.7 Å². The van der Waals surface area contributed by atoms with Crippen molar-refractivity contribution in [2.75, 3.05) is 13.2 Å². The van der Waals surface area contributed by atoms with Crippen molar-refractivity contribution >= 4 is 23.8 Å². The smallest absolute Gasteiger partial charge is 0.410 e. The van der Waals surface area contributed by atoms with Crippen LogP contribution in [0.4, 0.5) is 9.18 Å². The molecule has 0 unspecified atom stereocenters. The molecule has 3 rings (SSSR count). The maximum Gasteiger partial charge on any atom is 0.410 e. The molecule has 1 aliphatic heterocycles. The van der Waals surface area contributed by atoms with E-state index in [4.69, 9.17) is 9.47 Å². The van der Waals surface area contributed by atoms with Gasteiger partial charge in [0.15, 0.2) is 5.78 Å². The van der Waals surface area contributed by atoms with Crippen LogP contribution in [0.5, 0.6) is 0 Å². The Labute approximate surface area is 189 Å². The molecule has 0 bridgehead atoms. The first kappa shape index (κ1) is 23.9. The third-order valence-electron chi connectivity index (χ3n) is 5.50.